The summed E-state index contributed by atoms with van der Waals surface area (Å²) in [4.78, 5) is 26.1. The molecule has 0 bridgehead atoms. The molecule has 0 spiro atoms. The Morgan fingerprint density at radius 1 is 1.35 bits per heavy atom. The number of halogens is 3. The molecule has 0 aromatic carbocycles. The molecule has 5 nitrogen and oxygen atoms in total. The summed E-state index contributed by atoms with van der Waals surface area (Å²) in [5, 5.41) is 0. The standard InChI is InChI=1S/C12H18F3N3O2/c13-12(14,15)7-18-6-9(3-10(18)19)11(20)17-2-1-8(4-16)5-17/h8-9H,1-7,16H2. The van der Waals surface area contributed by atoms with Gasteiger partial charge in [0.2, 0.25) is 11.8 Å². The van der Waals surface area contributed by atoms with Gasteiger partial charge in [-0.2, -0.15) is 13.2 Å². The maximum Gasteiger partial charge on any atom is 0.406 e. The molecule has 2 unspecified atom stereocenters. The Bertz CT molecular complexity index is 400. The van der Waals surface area contributed by atoms with Crippen molar-refractivity contribution in [2.75, 3.05) is 32.7 Å². The summed E-state index contributed by atoms with van der Waals surface area (Å²) in [7, 11) is 0. The van der Waals surface area contributed by atoms with Gasteiger partial charge in [0.1, 0.15) is 6.54 Å². The fourth-order valence-corrected chi connectivity index (χ4v) is 2.79. The molecular weight excluding hydrogens is 275 g/mol. The lowest BCUT2D eigenvalue weighted by Gasteiger charge is -2.21. The van der Waals surface area contributed by atoms with Gasteiger partial charge in [0.15, 0.2) is 0 Å². The molecule has 2 aliphatic rings. The van der Waals surface area contributed by atoms with Crippen LogP contribution in [-0.4, -0.2) is 60.5 Å². The average molecular weight is 293 g/mol. The van der Waals surface area contributed by atoms with Crippen molar-refractivity contribution < 1.29 is 22.8 Å². The number of hydrogen-bond acceptors (Lipinski definition) is 3. The van der Waals surface area contributed by atoms with Crippen LogP contribution in [0.1, 0.15) is 12.8 Å². The molecule has 0 radical (unpaired) electrons. The molecule has 8 heteroatoms. The molecule has 0 aliphatic carbocycles. The largest absolute Gasteiger partial charge is 0.406 e. The molecule has 20 heavy (non-hydrogen) atoms. The topological polar surface area (TPSA) is 66.6 Å². The maximum atomic E-state index is 12.3. The van der Waals surface area contributed by atoms with Crippen LogP contribution < -0.4 is 5.73 Å². The van der Waals surface area contributed by atoms with E-state index in [0.717, 1.165) is 11.3 Å². The summed E-state index contributed by atoms with van der Waals surface area (Å²) in [6.07, 6.45) is -3.74. The highest BCUT2D eigenvalue weighted by Crippen LogP contribution is 2.26. The van der Waals surface area contributed by atoms with Gasteiger partial charge >= 0.3 is 6.18 Å². The SMILES string of the molecule is NCC1CCN(C(=O)C2CC(=O)N(CC(F)(F)F)C2)C1. The van der Waals surface area contributed by atoms with Crippen LogP contribution in [0.15, 0.2) is 0 Å². The van der Waals surface area contributed by atoms with Crippen molar-refractivity contribution in [1.82, 2.24) is 9.80 Å². The Hall–Kier alpha value is -1.31. The van der Waals surface area contributed by atoms with Gasteiger partial charge < -0.3 is 15.5 Å². The van der Waals surface area contributed by atoms with Crippen molar-refractivity contribution in [3.8, 4) is 0 Å². The molecule has 2 heterocycles. The van der Waals surface area contributed by atoms with E-state index in [1.807, 2.05) is 0 Å². The van der Waals surface area contributed by atoms with E-state index in [1.54, 1.807) is 4.90 Å². The van der Waals surface area contributed by atoms with E-state index in [0.29, 0.717) is 19.6 Å². The third-order valence-electron chi connectivity index (χ3n) is 3.86. The monoisotopic (exact) mass is 293 g/mol. The zero-order chi connectivity index (χ0) is 14.9. The Morgan fingerprint density at radius 2 is 2.05 bits per heavy atom. The first kappa shape index (κ1) is 15.1. The van der Waals surface area contributed by atoms with Crippen LogP contribution in [0.3, 0.4) is 0 Å². The number of alkyl halides is 3. The maximum absolute atomic E-state index is 12.3. The number of nitrogens with two attached hydrogens (primary N) is 1. The van der Waals surface area contributed by atoms with Crippen molar-refractivity contribution in [1.29, 1.82) is 0 Å². The van der Waals surface area contributed by atoms with E-state index < -0.39 is 24.5 Å². The number of likely N-dealkylation sites (tertiary alicyclic amines) is 2. The number of amides is 2. The third kappa shape index (κ3) is 3.41. The number of rotatable bonds is 3. The first-order chi connectivity index (χ1) is 9.30. The summed E-state index contributed by atoms with van der Waals surface area (Å²) in [5.74, 6) is -1.22. The lowest BCUT2D eigenvalue weighted by molar-refractivity contribution is -0.157. The molecule has 2 N–H and O–H groups in total. The van der Waals surface area contributed by atoms with E-state index in [1.165, 1.54) is 0 Å². The van der Waals surface area contributed by atoms with E-state index >= 15 is 0 Å². The van der Waals surface area contributed by atoms with E-state index in [4.69, 9.17) is 5.73 Å². The normalized spacial score (nSPS) is 27.5. The van der Waals surface area contributed by atoms with E-state index in [2.05, 4.69) is 0 Å². The molecule has 0 aromatic heterocycles. The third-order valence-corrected chi connectivity index (χ3v) is 3.86. The van der Waals surface area contributed by atoms with Crippen molar-refractivity contribution >= 4 is 11.8 Å². The molecule has 0 saturated carbocycles. The van der Waals surface area contributed by atoms with E-state index in [-0.39, 0.29) is 24.8 Å². The summed E-state index contributed by atoms with van der Waals surface area (Å²) in [6.45, 7) is 0.194. The first-order valence-corrected chi connectivity index (χ1v) is 6.63. The average Bonchev–Trinajstić information content (AvgIpc) is 2.94. The molecule has 114 valence electrons. The van der Waals surface area contributed by atoms with Gasteiger partial charge in [0.25, 0.3) is 0 Å². The van der Waals surface area contributed by atoms with Gasteiger partial charge in [-0.25, -0.2) is 0 Å². The predicted octanol–water partition coefficient (Wildman–Crippen LogP) is 0.204. The van der Waals surface area contributed by atoms with Gasteiger partial charge in [-0.05, 0) is 18.9 Å². The van der Waals surface area contributed by atoms with Crippen LogP contribution >= 0.6 is 0 Å². The van der Waals surface area contributed by atoms with Gasteiger partial charge in [-0.15, -0.1) is 0 Å². The Labute approximate surface area is 114 Å². The minimum absolute atomic E-state index is 0.126. The van der Waals surface area contributed by atoms with Gasteiger partial charge in [-0.1, -0.05) is 0 Å². The van der Waals surface area contributed by atoms with Crippen LogP contribution in [0.5, 0.6) is 0 Å². The summed E-state index contributed by atoms with van der Waals surface area (Å²) in [5.41, 5.74) is 5.54. The van der Waals surface area contributed by atoms with Crippen molar-refractivity contribution in [3.63, 3.8) is 0 Å². The lowest BCUT2D eigenvalue weighted by Crippen LogP contribution is -2.38. The second-order valence-electron chi connectivity index (χ2n) is 5.47. The van der Waals surface area contributed by atoms with Gasteiger partial charge in [-0.3, -0.25) is 9.59 Å². The Morgan fingerprint density at radius 3 is 2.60 bits per heavy atom. The minimum atomic E-state index is -4.42. The van der Waals surface area contributed by atoms with Crippen molar-refractivity contribution in [2.24, 2.45) is 17.6 Å². The summed E-state index contributed by atoms with van der Waals surface area (Å²) < 4.78 is 36.9. The fraction of sp³-hybridized carbons (Fsp3) is 0.833. The number of nitrogens with zero attached hydrogens (tertiary/aromatic N) is 2. The van der Waals surface area contributed by atoms with Crippen LogP contribution in [0, 0.1) is 11.8 Å². The molecule has 2 aliphatic heterocycles. The molecule has 2 amide bonds. The highest BCUT2D eigenvalue weighted by atomic mass is 19.4. The molecular formula is C12H18F3N3O2. The first-order valence-electron chi connectivity index (χ1n) is 6.63. The van der Waals surface area contributed by atoms with Crippen LogP contribution in [-0.2, 0) is 9.59 Å². The zero-order valence-corrected chi connectivity index (χ0v) is 11.0. The van der Waals surface area contributed by atoms with Crippen molar-refractivity contribution in [2.45, 2.75) is 19.0 Å². The number of hydrogen-bond donors (Lipinski definition) is 1. The Kier molecular flexibility index (Phi) is 4.22. The zero-order valence-electron chi connectivity index (χ0n) is 11.0. The Balaban J connectivity index is 1.91. The number of carbonyl (C=O) groups excluding carboxylic acids is 2. The lowest BCUT2D eigenvalue weighted by atomic mass is 10.1. The van der Waals surface area contributed by atoms with Gasteiger partial charge in [0.05, 0.1) is 5.92 Å². The molecule has 2 saturated heterocycles. The molecule has 2 rings (SSSR count). The van der Waals surface area contributed by atoms with Crippen LogP contribution in [0.2, 0.25) is 0 Å². The van der Waals surface area contributed by atoms with Crippen LogP contribution in [0.4, 0.5) is 13.2 Å². The second-order valence-corrected chi connectivity index (χ2v) is 5.47. The minimum Gasteiger partial charge on any atom is -0.342 e. The highest BCUT2D eigenvalue weighted by Gasteiger charge is 2.42. The smallest absolute Gasteiger partial charge is 0.342 e. The number of carbonyl (C=O) groups is 2. The second kappa shape index (κ2) is 5.59. The van der Waals surface area contributed by atoms with Crippen molar-refractivity contribution in [3.05, 3.63) is 0 Å². The highest BCUT2D eigenvalue weighted by molar-refractivity contribution is 5.89. The fourth-order valence-electron chi connectivity index (χ4n) is 2.79. The predicted molar refractivity (Wildman–Crippen MR) is 64.5 cm³/mol. The van der Waals surface area contributed by atoms with E-state index in [9.17, 15) is 22.8 Å². The van der Waals surface area contributed by atoms with Crippen LogP contribution in [0.25, 0.3) is 0 Å². The summed E-state index contributed by atoms with van der Waals surface area (Å²) >= 11 is 0. The molecule has 2 atom stereocenters. The summed E-state index contributed by atoms with van der Waals surface area (Å²) in [6, 6.07) is 0. The molecule has 2 fully saturated rings. The molecule has 0 aromatic rings. The van der Waals surface area contributed by atoms with Gasteiger partial charge in [0, 0.05) is 26.1 Å². The quantitative estimate of drug-likeness (QED) is 0.808.